The van der Waals surface area contributed by atoms with E-state index in [0.29, 0.717) is 23.6 Å². The summed E-state index contributed by atoms with van der Waals surface area (Å²) >= 11 is 6.14. The number of nitrogens with zero attached hydrogens (tertiary/aromatic N) is 2. The number of nitrogens with one attached hydrogen (secondary N) is 1. The summed E-state index contributed by atoms with van der Waals surface area (Å²) in [7, 11) is -3.56. The predicted molar refractivity (Wildman–Crippen MR) is 174 cm³/mol. The average molecular weight is 624 g/mol. The molecular weight excluding hydrogens is 582 g/mol. The molecule has 230 valence electrons. The molecule has 0 spiro atoms. The SMILES string of the molecule is Cc1ccc(N(CCCC(=O)N(Cc2ccc(Cl)cc2)C(Cc2ccccc2)C(=O)NC2CCCCC2)S(C)(=O)=O)cc1. The van der Waals surface area contributed by atoms with Crippen molar-refractivity contribution in [1.82, 2.24) is 10.2 Å². The van der Waals surface area contributed by atoms with Gasteiger partial charge in [0.15, 0.2) is 0 Å². The summed E-state index contributed by atoms with van der Waals surface area (Å²) in [4.78, 5) is 29.6. The van der Waals surface area contributed by atoms with Gasteiger partial charge in [-0.3, -0.25) is 13.9 Å². The molecule has 3 aromatic carbocycles. The highest BCUT2D eigenvalue weighted by Gasteiger charge is 2.32. The van der Waals surface area contributed by atoms with Gasteiger partial charge >= 0.3 is 0 Å². The van der Waals surface area contributed by atoms with Gasteiger partial charge in [-0.25, -0.2) is 8.42 Å². The van der Waals surface area contributed by atoms with Gasteiger partial charge in [-0.1, -0.05) is 91.0 Å². The van der Waals surface area contributed by atoms with Gasteiger partial charge in [-0.2, -0.15) is 0 Å². The van der Waals surface area contributed by atoms with Crippen LogP contribution in [-0.4, -0.2) is 50.0 Å². The topological polar surface area (TPSA) is 86.8 Å². The third-order valence-corrected chi connectivity index (χ3v) is 9.41. The third kappa shape index (κ3) is 9.83. The second-order valence-electron chi connectivity index (χ2n) is 11.5. The number of halogens is 1. The molecule has 3 aromatic rings. The Morgan fingerprint density at radius 1 is 0.907 bits per heavy atom. The van der Waals surface area contributed by atoms with Gasteiger partial charge < -0.3 is 10.2 Å². The summed E-state index contributed by atoms with van der Waals surface area (Å²) in [6.07, 6.45) is 7.16. The minimum absolute atomic E-state index is 0.0907. The molecule has 1 saturated carbocycles. The number of rotatable bonds is 13. The van der Waals surface area contributed by atoms with Crippen LogP contribution in [0.4, 0.5) is 5.69 Å². The summed E-state index contributed by atoms with van der Waals surface area (Å²) in [6, 6.07) is 23.7. The lowest BCUT2D eigenvalue weighted by atomic mass is 9.94. The van der Waals surface area contributed by atoms with Crippen molar-refractivity contribution in [1.29, 1.82) is 0 Å². The molecule has 1 aliphatic carbocycles. The summed E-state index contributed by atoms with van der Waals surface area (Å²) in [5, 5.41) is 3.84. The molecule has 9 heteroatoms. The van der Waals surface area contributed by atoms with Crippen LogP contribution in [0.3, 0.4) is 0 Å². The molecule has 7 nitrogen and oxygen atoms in total. The van der Waals surface area contributed by atoms with Gasteiger partial charge in [0.2, 0.25) is 21.8 Å². The number of carbonyl (C=O) groups is 2. The Labute approximate surface area is 261 Å². The lowest BCUT2D eigenvalue weighted by molar-refractivity contribution is -0.141. The lowest BCUT2D eigenvalue weighted by Gasteiger charge is -2.34. The Morgan fingerprint density at radius 2 is 1.56 bits per heavy atom. The van der Waals surface area contributed by atoms with E-state index < -0.39 is 16.1 Å². The highest BCUT2D eigenvalue weighted by Crippen LogP contribution is 2.22. The van der Waals surface area contributed by atoms with E-state index in [1.807, 2.05) is 61.5 Å². The van der Waals surface area contributed by atoms with Crippen molar-refractivity contribution in [2.75, 3.05) is 17.1 Å². The summed E-state index contributed by atoms with van der Waals surface area (Å²) in [5.74, 6) is -0.359. The van der Waals surface area contributed by atoms with Crippen molar-refractivity contribution in [3.63, 3.8) is 0 Å². The molecule has 1 fully saturated rings. The summed E-state index contributed by atoms with van der Waals surface area (Å²) in [5.41, 5.74) is 3.41. The largest absolute Gasteiger partial charge is 0.352 e. The standard InChI is InChI=1S/C34H42ClN3O4S/c1-26-15-21-31(22-16-26)38(43(2,41)42)23-9-14-33(39)37(25-28-17-19-29(35)20-18-28)32(24-27-10-5-3-6-11-27)34(40)36-30-12-7-4-8-13-30/h3,5-6,10-11,15-22,30,32H,4,7-9,12-14,23-25H2,1-2H3,(H,36,40). The molecule has 1 aliphatic rings. The number of aryl methyl sites for hydroxylation is 1. The smallest absolute Gasteiger partial charge is 0.243 e. The Morgan fingerprint density at radius 3 is 2.19 bits per heavy atom. The molecule has 1 N–H and O–H groups in total. The summed E-state index contributed by atoms with van der Waals surface area (Å²) < 4.78 is 26.6. The molecule has 1 atom stereocenters. The Hall–Kier alpha value is -3.36. The van der Waals surface area contributed by atoms with Crippen LogP contribution in [0.25, 0.3) is 0 Å². The maximum atomic E-state index is 14.0. The molecule has 0 radical (unpaired) electrons. The first-order valence-electron chi connectivity index (χ1n) is 15.0. The van der Waals surface area contributed by atoms with Crippen molar-refractivity contribution in [2.24, 2.45) is 0 Å². The van der Waals surface area contributed by atoms with E-state index in [0.717, 1.165) is 42.4 Å². The zero-order valence-electron chi connectivity index (χ0n) is 25.0. The number of carbonyl (C=O) groups excluding carboxylic acids is 2. The molecule has 0 aromatic heterocycles. The van der Waals surface area contributed by atoms with Crippen molar-refractivity contribution < 1.29 is 18.0 Å². The van der Waals surface area contributed by atoms with E-state index in [1.165, 1.54) is 17.0 Å². The van der Waals surface area contributed by atoms with Gasteiger partial charge in [0.1, 0.15) is 6.04 Å². The second-order valence-corrected chi connectivity index (χ2v) is 13.8. The molecular formula is C34H42ClN3O4S. The van der Waals surface area contributed by atoms with Crippen LogP contribution in [0.1, 0.15) is 61.6 Å². The number of benzene rings is 3. The van der Waals surface area contributed by atoms with Crippen LogP contribution >= 0.6 is 11.6 Å². The maximum Gasteiger partial charge on any atom is 0.243 e. The number of sulfonamides is 1. The van der Waals surface area contributed by atoms with Crippen LogP contribution in [0.15, 0.2) is 78.9 Å². The van der Waals surface area contributed by atoms with Crippen LogP contribution < -0.4 is 9.62 Å². The van der Waals surface area contributed by atoms with Gasteiger partial charge in [-0.05, 0) is 61.6 Å². The highest BCUT2D eigenvalue weighted by molar-refractivity contribution is 7.92. The minimum atomic E-state index is -3.56. The zero-order valence-corrected chi connectivity index (χ0v) is 26.6. The Bertz CT molecular complexity index is 1440. The molecule has 1 unspecified atom stereocenters. The molecule has 0 aliphatic heterocycles. The van der Waals surface area contributed by atoms with Crippen molar-refractivity contribution in [3.8, 4) is 0 Å². The van der Waals surface area contributed by atoms with Gasteiger partial charge in [0, 0.05) is 37.0 Å². The fourth-order valence-electron chi connectivity index (χ4n) is 5.60. The monoisotopic (exact) mass is 623 g/mol. The van der Waals surface area contributed by atoms with E-state index >= 15 is 0 Å². The molecule has 0 bridgehead atoms. The zero-order chi connectivity index (χ0) is 30.8. The first-order chi connectivity index (χ1) is 20.6. The van der Waals surface area contributed by atoms with Crippen LogP contribution in [0.5, 0.6) is 0 Å². The molecule has 0 saturated heterocycles. The average Bonchev–Trinajstić information content (AvgIpc) is 2.99. The van der Waals surface area contributed by atoms with E-state index in [-0.39, 0.29) is 37.4 Å². The van der Waals surface area contributed by atoms with Gasteiger partial charge in [0.05, 0.1) is 11.9 Å². The fraction of sp³-hybridized carbons (Fsp3) is 0.412. The van der Waals surface area contributed by atoms with E-state index in [1.54, 1.807) is 29.2 Å². The fourth-order valence-corrected chi connectivity index (χ4v) is 6.69. The van der Waals surface area contributed by atoms with Gasteiger partial charge in [0.25, 0.3) is 0 Å². The molecule has 0 heterocycles. The summed E-state index contributed by atoms with van der Waals surface area (Å²) in [6.45, 7) is 2.33. The van der Waals surface area contributed by atoms with E-state index in [9.17, 15) is 18.0 Å². The third-order valence-electron chi connectivity index (χ3n) is 7.96. The van der Waals surface area contributed by atoms with Crippen molar-refractivity contribution in [2.45, 2.75) is 76.9 Å². The number of hydrogen-bond acceptors (Lipinski definition) is 4. The lowest BCUT2D eigenvalue weighted by Crippen LogP contribution is -2.52. The van der Waals surface area contributed by atoms with Crippen molar-refractivity contribution >= 4 is 39.1 Å². The minimum Gasteiger partial charge on any atom is -0.352 e. The van der Waals surface area contributed by atoms with Crippen molar-refractivity contribution in [3.05, 3.63) is 101 Å². The quantitative estimate of drug-likeness (QED) is 0.243. The number of amides is 2. The second kappa shape index (κ2) is 15.4. The highest BCUT2D eigenvalue weighted by atomic mass is 35.5. The Kier molecular flexibility index (Phi) is 11.7. The maximum absolute atomic E-state index is 14.0. The first kappa shape index (κ1) is 32.6. The van der Waals surface area contributed by atoms with Crippen LogP contribution in [0, 0.1) is 6.92 Å². The van der Waals surface area contributed by atoms with Gasteiger partial charge in [-0.15, -0.1) is 0 Å². The number of anilines is 1. The van der Waals surface area contributed by atoms with E-state index in [4.69, 9.17) is 11.6 Å². The molecule has 4 rings (SSSR count). The van der Waals surface area contributed by atoms with Crippen LogP contribution in [-0.2, 0) is 32.6 Å². The molecule has 2 amide bonds. The predicted octanol–water partition coefficient (Wildman–Crippen LogP) is 6.28. The van der Waals surface area contributed by atoms with E-state index in [2.05, 4.69) is 5.32 Å². The molecule has 43 heavy (non-hydrogen) atoms. The Balaban J connectivity index is 1.58. The van der Waals surface area contributed by atoms with Crippen LogP contribution in [0.2, 0.25) is 5.02 Å². The normalized spacial score (nSPS) is 14.6. The number of hydrogen-bond donors (Lipinski definition) is 1. The first-order valence-corrected chi connectivity index (χ1v) is 17.3.